The van der Waals surface area contributed by atoms with Gasteiger partial charge in [-0.2, -0.15) is 0 Å². The maximum Gasteiger partial charge on any atom is 0.0679 e. The molecule has 1 aromatic carbocycles. The minimum atomic E-state index is 1.03. The number of thioether (sulfide) groups is 1. The van der Waals surface area contributed by atoms with E-state index in [4.69, 9.17) is 0 Å². The summed E-state index contributed by atoms with van der Waals surface area (Å²) in [4.78, 5) is 4.65. The third-order valence-corrected chi connectivity index (χ3v) is 5.72. The summed E-state index contributed by atoms with van der Waals surface area (Å²) in [7, 11) is 0. The second-order valence-corrected chi connectivity index (χ2v) is 6.67. The minimum absolute atomic E-state index is 1.03. The molecule has 0 aliphatic carbocycles. The number of aliphatic imine (C=N–C) groups is 1. The molecule has 0 amide bonds. The lowest BCUT2D eigenvalue weighted by Gasteiger charge is -2.19. The summed E-state index contributed by atoms with van der Waals surface area (Å²) in [5.41, 5.74) is 8.86. The molecule has 0 bridgehead atoms. The van der Waals surface area contributed by atoms with Crippen molar-refractivity contribution in [3.63, 3.8) is 0 Å². The highest BCUT2D eigenvalue weighted by molar-refractivity contribution is 8.13. The van der Waals surface area contributed by atoms with Crippen molar-refractivity contribution in [2.24, 2.45) is 4.99 Å². The number of hydrogen-bond donors (Lipinski definition) is 0. The van der Waals surface area contributed by atoms with E-state index in [-0.39, 0.29) is 0 Å². The maximum absolute atomic E-state index is 4.65. The van der Waals surface area contributed by atoms with Crippen LogP contribution in [0.2, 0.25) is 0 Å². The predicted molar refractivity (Wildman–Crippen MR) is 87.6 cm³/mol. The molecule has 104 valence electrons. The Kier molecular flexibility index (Phi) is 4.72. The third kappa shape index (κ3) is 3.05. The molecule has 0 spiro atoms. The van der Waals surface area contributed by atoms with Crippen LogP contribution in [-0.4, -0.2) is 11.6 Å². The first kappa shape index (κ1) is 14.6. The van der Waals surface area contributed by atoms with Crippen LogP contribution in [0.1, 0.15) is 52.6 Å². The fourth-order valence-electron chi connectivity index (χ4n) is 2.74. The summed E-state index contributed by atoms with van der Waals surface area (Å²) >= 11 is 1.95. The van der Waals surface area contributed by atoms with Crippen LogP contribution in [0.4, 0.5) is 0 Å². The van der Waals surface area contributed by atoms with Gasteiger partial charge in [0.1, 0.15) is 0 Å². The fourth-order valence-corrected chi connectivity index (χ4v) is 3.95. The van der Waals surface area contributed by atoms with Crippen LogP contribution in [-0.2, 0) is 5.75 Å². The highest BCUT2D eigenvalue weighted by Crippen LogP contribution is 2.30. The van der Waals surface area contributed by atoms with E-state index in [1.807, 2.05) is 11.8 Å². The van der Waals surface area contributed by atoms with Crippen molar-refractivity contribution in [1.82, 2.24) is 0 Å². The maximum atomic E-state index is 4.65. The number of benzene rings is 1. The molecule has 1 nitrogen and oxygen atoms in total. The molecule has 0 N–H and O–H groups in total. The average molecular weight is 275 g/mol. The Bertz CT molecular complexity index is 485. The van der Waals surface area contributed by atoms with Crippen LogP contribution in [0.25, 0.3) is 0 Å². The van der Waals surface area contributed by atoms with Gasteiger partial charge in [-0.25, -0.2) is 0 Å². The predicted octanol–water partition coefficient (Wildman–Crippen LogP) is 5.04. The van der Waals surface area contributed by atoms with Gasteiger partial charge in [0.2, 0.25) is 0 Å². The molecule has 1 aromatic rings. The topological polar surface area (TPSA) is 12.4 Å². The molecule has 1 heterocycles. The van der Waals surface area contributed by atoms with E-state index in [0.29, 0.717) is 0 Å². The Morgan fingerprint density at radius 1 is 0.842 bits per heavy atom. The van der Waals surface area contributed by atoms with Crippen LogP contribution in [0.5, 0.6) is 0 Å². The van der Waals surface area contributed by atoms with Gasteiger partial charge in [-0.05, 0) is 87.3 Å². The van der Waals surface area contributed by atoms with Crippen LogP contribution in [0.15, 0.2) is 4.99 Å². The van der Waals surface area contributed by atoms with Crippen molar-refractivity contribution in [3.8, 4) is 0 Å². The molecule has 0 fully saturated rings. The monoisotopic (exact) mass is 275 g/mol. The summed E-state index contributed by atoms with van der Waals surface area (Å²) in [6, 6.07) is 0. The van der Waals surface area contributed by atoms with Crippen molar-refractivity contribution >= 4 is 16.8 Å². The lowest BCUT2D eigenvalue weighted by atomic mass is 9.90. The molecule has 2 rings (SSSR count). The number of nitrogens with zero attached hydrogens (tertiary/aromatic N) is 1. The first-order chi connectivity index (χ1) is 9.02. The minimum Gasteiger partial charge on any atom is -0.283 e. The molecule has 0 radical (unpaired) electrons. The van der Waals surface area contributed by atoms with Gasteiger partial charge in [-0.15, -0.1) is 11.8 Å². The van der Waals surface area contributed by atoms with Crippen molar-refractivity contribution in [3.05, 3.63) is 33.4 Å². The summed E-state index contributed by atoms with van der Waals surface area (Å²) in [5.74, 6) is 1.08. The Labute approximate surface area is 121 Å². The van der Waals surface area contributed by atoms with Gasteiger partial charge in [0, 0.05) is 12.3 Å². The van der Waals surface area contributed by atoms with E-state index < -0.39 is 0 Å². The molecule has 1 aliphatic heterocycles. The molecule has 1 aliphatic rings. The molecular formula is C17H25NS. The summed E-state index contributed by atoms with van der Waals surface area (Å²) in [6.07, 6.45) is 3.77. The van der Waals surface area contributed by atoms with Crippen molar-refractivity contribution < 1.29 is 0 Å². The molecular weight excluding hydrogens is 250 g/mol. The molecule has 19 heavy (non-hydrogen) atoms. The van der Waals surface area contributed by atoms with Gasteiger partial charge in [0.25, 0.3) is 0 Å². The normalized spacial score (nSPS) is 15.5. The zero-order valence-electron chi connectivity index (χ0n) is 12.9. The first-order valence-corrected chi connectivity index (χ1v) is 8.23. The van der Waals surface area contributed by atoms with E-state index in [9.17, 15) is 0 Å². The van der Waals surface area contributed by atoms with Crippen LogP contribution >= 0.6 is 11.8 Å². The number of rotatable bonds is 2. The Morgan fingerprint density at radius 2 is 1.42 bits per heavy atom. The quantitative estimate of drug-likeness (QED) is 0.736. The molecule has 2 heteroatoms. The van der Waals surface area contributed by atoms with Crippen molar-refractivity contribution in [1.29, 1.82) is 0 Å². The van der Waals surface area contributed by atoms with Gasteiger partial charge < -0.3 is 0 Å². The summed E-state index contributed by atoms with van der Waals surface area (Å²) in [6.45, 7) is 12.3. The molecule has 0 atom stereocenters. The largest absolute Gasteiger partial charge is 0.283 e. The van der Waals surface area contributed by atoms with E-state index in [2.05, 4.69) is 39.6 Å². The average Bonchev–Trinajstić information content (AvgIpc) is 2.44. The standard InChI is InChI=1S/C17H25NS/c1-11-12(2)14(4)16(15(5)13(11)3)10-19-17-8-6-7-9-18-17/h6-10H2,1-5H3. The smallest absolute Gasteiger partial charge is 0.0679 e. The van der Waals surface area contributed by atoms with Gasteiger partial charge in [0.15, 0.2) is 0 Å². The Balaban J connectivity index is 2.23. The van der Waals surface area contributed by atoms with E-state index >= 15 is 0 Å². The van der Waals surface area contributed by atoms with Crippen LogP contribution in [0.3, 0.4) is 0 Å². The zero-order chi connectivity index (χ0) is 14.0. The Hall–Kier alpha value is -0.760. The van der Waals surface area contributed by atoms with E-state index in [0.717, 1.165) is 12.3 Å². The molecule has 0 saturated heterocycles. The second-order valence-electron chi connectivity index (χ2n) is 5.62. The highest BCUT2D eigenvalue weighted by Gasteiger charge is 2.13. The highest BCUT2D eigenvalue weighted by atomic mass is 32.2. The van der Waals surface area contributed by atoms with Gasteiger partial charge in [-0.1, -0.05) is 0 Å². The lowest BCUT2D eigenvalue weighted by molar-refractivity contribution is 0.745. The third-order valence-electron chi connectivity index (χ3n) is 4.63. The summed E-state index contributed by atoms with van der Waals surface area (Å²) in [5, 5.41) is 1.36. The lowest BCUT2D eigenvalue weighted by Crippen LogP contribution is -2.05. The van der Waals surface area contributed by atoms with E-state index in [1.54, 1.807) is 0 Å². The van der Waals surface area contributed by atoms with Gasteiger partial charge >= 0.3 is 0 Å². The summed E-state index contributed by atoms with van der Waals surface area (Å²) < 4.78 is 0. The molecule has 0 aromatic heterocycles. The molecule has 0 unspecified atom stereocenters. The van der Waals surface area contributed by atoms with Crippen LogP contribution < -0.4 is 0 Å². The van der Waals surface area contributed by atoms with Gasteiger partial charge in [0.05, 0.1) is 5.04 Å². The Morgan fingerprint density at radius 3 is 1.95 bits per heavy atom. The zero-order valence-corrected chi connectivity index (χ0v) is 13.7. The first-order valence-electron chi connectivity index (χ1n) is 7.24. The van der Waals surface area contributed by atoms with Crippen LogP contribution in [0, 0.1) is 34.6 Å². The molecule has 0 saturated carbocycles. The van der Waals surface area contributed by atoms with Gasteiger partial charge in [-0.3, -0.25) is 4.99 Å². The SMILES string of the molecule is Cc1c(C)c(C)c(CSC2=NCCCC2)c(C)c1C. The van der Waals surface area contributed by atoms with Crippen molar-refractivity contribution in [2.45, 2.75) is 59.6 Å². The number of hydrogen-bond acceptors (Lipinski definition) is 2. The van der Waals surface area contributed by atoms with E-state index in [1.165, 1.54) is 57.7 Å². The van der Waals surface area contributed by atoms with Crippen molar-refractivity contribution in [2.75, 3.05) is 6.54 Å². The fraction of sp³-hybridized carbons (Fsp3) is 0.588. The second kappa shape index (κ2) is 6.13.